The summed E-state index contributed by atoms with van der Waals surface area (Å²) in [6.07, 6.45) is 0.677. The van der Waals surface area contributed by atoms with Gasteiger partial charge in [-0.05, 0) is 15.9 Å². The molecule has 5 nitrogen and oxygen atoms in total. The van der Waals surface area contributed by atoms with Gasteiger partial charge >= 0.3 is 6.09 Å². The lowest BCUT2D eigenvalue weighted by atomic mass is 10.1. The lowest BCUT2D eigenvalue weighted by Gasteiger charge is -2.29. The summed E-state index contributed by atoms with van der Waals surface area (Å²) in [6.45, 7) is 1.07. The lowest BCUT2D eigenvalue weighted by Crippen LogP contribution is -2.41. The predicted molar refractivity (Wildman–Crippen MR) is 63.1 cm³/mol. The fourth-order valence-corrected chi connectivity index (χ4v) is 2.75. The minimum Gasteiger partial charge on any atom is -0.467 e. The number of rotatable bonds is 2. The van der Waals surface area contributed by atoms with Crippen molar-refractivity contribution in [3.63, 3.8) is 0 Å². The van der Waals surface area contributed by atoms with Crippen LogP contribution in [0.15, 0.2) is 9.98 Å². The standard InChI is InChI=1S/C9H11BrN2O3S/c10-7-5-16-8(11-7)15-6-1-3-12(4-2-6)9(13)14/h5-6H,1-4H2,(H,13,14). The molecule has 16 heavy (non-hydrogen) atoms. The lowest BCUT2D eigenvalue weighted by molar-refractivity contribution is 0.0892. The molecule has 1 aliphatic heterocycles. The third-order valence-electron chi connectivity index (χ3n) is 2.44. The van der Waals surface area contributed by atoms with Gasteiger partial charge in [0.1, 0.15) is 10.7 Å². The van der Waals surface area contributed by atoms with Crippen LogP contribution in [-0.2, 0) is 0 Å². The Balaban J connectivity index is 1.83. The Kier molecular flexibility index (Phi) is 3.65. The minimum absolute atomic E-state index is 0.0775. The quantitative estimate of drug-likeness (QED) is 0.911. The molecule has 88 valence electrons. The molecule has 0 unspecified atom stereocenters. The number of ether oxygens (including phenoxy) is 1. The second-order valence-electron chi connectivity index (χ2n) is 3.52. The van der Waals surface area contributed by atoms with Crippen LogP contribution in [0.2, 0.25) is 0 Å². The summed E-state index contributed by atoms with van der Waals surface area (Å²) in [6, 6.07) is 0. The molecule has 0 bridgehead atoms. The minimum atomic E-state index is -0.851. The summed E-state index contributed by atoms with van der Waals surface area (Å²) >= 11 is 4.70. The molecule has 0 spiro atoms. The molecule has 0 aliphatic carbocycles. The highest BCUT2D eigenvalue weighted by atomic mass is 79.9. The van der Waals surface area contributed by atoms with Crippen LogP contribution in [0.25, 0.3) is 0 Å². The highest BCUT2D eigenvalue weighted by Crippen LogP contribution is 2.25. The van der Waals surface area contributed by atoms with Gasteiger partial charge in [-0.3, -0.25) is 0 Å². The van der Waals surface area contributed by atoms with Gasteiger partial charge in [0.15, 0.2) is 0 Å². The first-order valence-corrected chi connectivity index (χ1v) is 6.58. The number of carbonyl (C=O) groups is 1. The summed E-state index contributed by atoms with van der Waals surface area (Å²) in [7, 11) is 0. The maximum atomic E-state index is 10.7. The van der Waals surface area contributed by atoms with Crippen molar-refractivity contribution >= 4 is 33.4 Å². The van der Waals surface area contributed by atoms with Crippen molar-refractivity contribution in [1.29, 1.82) is 0 Å². The van der Waals surface area contributed by atoms with Gasteiger partial charge in [0.05, 0.1) is 0 Å². The zero-order chi connectivity index (χ0) is 11.5. The highest BCUT2D eigenvalue weighted by molar-refractivity contribution is 9.10. The van der Waals surface area contributed by atoms with E-state index in [2.05, 4.69) is 20.9 Å². The maximum absolute atomic E-state index is 10.7. The molecule has 1 amide bonds. The summed E-state index contributed by atoms with van der Waals surface area (Å²) in [4.78, 5) is 16.2. The first-order chi connectivity index (χ1) is 7.65. The molecule has 0 radical (unpaired) electrons. The first kappa shape index (κ1) is 11.7. The van der Waals surface area contributed by atoms with E-state index in [1.54, 1.807) is 0 Å². The van der Waals surface area contributed by atoms with Gasteiger partial charge in [-0.25, -0.2) is 4.79 Å². The Hall–Kier alpha value is -0.820. The van der Waals surface area contributed by atoms with Crippen LogP contribution in [-0.4, -0.2) is 40.3 Å². The van der Waals surface area contributed by atoms with Crippen LogP contribution in [0, 0.1) is 0 Å². The number of likely N-dealkylation sites (tertiary alicyclic amines) is 1. The monoisotopic (exact) mass is 306 g/mol. The van der Waals surface area contributed by atoms with Crippen LogP contribution < -0.4 is 4.74 Å². The van der Waals surface area contributed by atoms with Crippen LogP contribution >= 0.6 is 27.3 Å². The molecule has 0 atom stereocenters. The van der Waals surface area contributed by atoms with Crippen molar-refractivity contribution in [3.8, 4) is 5.19 Å². The van der Waals surface area contributed by atoms with Gasteiger partial charge in [-0.15, -0.1) is 0 Å². The van der Waals surface area contributed by atoms with E-state index in [1.165, 1.54) is 16.2 Å². The molecule has 1 aromatic heterocycles. The molecular formula is C9H11BrN2O3S. The second kappa shape index (κ2) is 5.01. The van der Waals surface area contributed by atoms with E-state index in [9.17, 15) is 4.79 Å². The Morgan fingerprint density at radius 1 is 1.62 bits per heavy atom. The van der Waals surface area contributed by atoms with Gasteiger partial charge in [0.25, 0.3) is 5.19 Å². The van der Waals surface area contributed by atoms with E-state index in [-0.39, 0.29) is 6.10 Å². The Morgan fingerprint density at radius 3 is 2.81 bits per heavy atom. The second-order valence-corrected chi connectivity index (χ2v) is 5.16. The van der Waals surface area contributed by atoms with E-state index in [1.807, 2.05) is 5.38 Å². The molecular weight excluding hydrogens is 296 g/mol. The highest BCUT2D eigenvalue weighted by Gasteiger charge is 2.23. The van der Waals surface area contributed by atoms with E-state index in [4.69, 9.17) is 9.84 Å². The van der Waals surface area contributed by atoms with Crippen molar-refractivity contribution in [2.24, 2.45) is 0 Å². The van der Waals surface area contributed by atoms with E-state index in [0.29, 0.717) is 18.3 Å². The number of piperidine rings is 1. The van der Waals surface area contributed by atoms with E-state index in [0.717, 1.165) is 17.4 Å². The topological polar surface area (TPSA) is 62.7 Å². The van der Waals surface area contributed by atoms with Gasteiger partial charge in [0.2, 0.25) is 0 Å². The normalized spacial score (nSPS) is 17.4. The Labute approximate surface area is 105 Å². The summed E-state index contributed by atoms with van der Waals surface area (Å²) in [5.74, 6) is 0. The van der Waals surface area contributed by atoms with Crippen LogP contribution in [0.3, 0.4) is 0 Å². The zero-order valence-electron chi connectivity index (χ0n) is 8.43. The van der Waals surface area contributed by atoms with E-state index >= 15 is 0 Å². The van der Waals surface area contributed by atoms with Gasteiger partial charge < -0.3 is 14.7 Å². The molecule has 2 heterocycles. The Morgan fingerprint density at radius 2 is 2.31 bits per heavy atom. The van der Waals surface area contributed by atoms with Crippen molar-refractivity contribution in [1.82, 2.24) is 9.88 Å². The van der Waals surface area contributed by atoms with Gasteiger partial charge in [0, 0.05) is 31.3 Å². The molecule has 0 aromatic carbocycles. The number of aromatic nitrogens is 1. The number of halogens is 1. The fraction of sp³-hybridized carbons (Fsp3) is 0.556. The zero-order valence-corrected chi connectivity index (χ0v) is 10.8. The SMILES string of the molecule is O=C(O)N1CCC(Oc2nc(Br)cs2)CC1. The van der Waals surface area contributed by atoms with Crippen molar-refractivity contribution in [3.05, 3.63) is 9.98 Å². The van der Waals surface area contributed by atoms with Gasteiger partial charge in [-0.2, -0.15) is 4.98 Å². The average Bonchev–Trinajstić information content (AvgIpc) is 2.65. The maximum Gasteiger partial charge on any atom is 0.407 e. The average molecular weight is 307 g/mol. The molecule has 2 rings (SSSR count). The third kappa shape index (κ3) is 2.85. The molecule has 1 saturated heterocycles. The third-order valence-corrected chi connectivity index (χ3v) is 3.87. The van der Waals surface area contributed by atoms with Crippen molar-refractivity contribution in [2.75, 3.05) is 13.1 Å². The van der Waals surface area contributed by atoms with Crippen LogP contribution in [0.4, 0.5) is 4.79 Å². The largest absolute Gasteiger partial charge is 0.467 e. The van der Waals surface area contributed by atoms with Crippen molar-refractivity contribution in [2.45, 2.75) is 18.9 Å². The number of hydrogen-bond acceptors (Lipinski definition) is 4. The molecule has 1 aromatic rings. The summed E-state index contributed by atoms with van der Waals surface area (Å²) in [5.41, 5.74) is 0. The molecule has 7 heteroatoms. The fourth-order valence-electron chi connectivity index (χ4n) is 1.60. The molecule has 1 fully saturated rings. The number of thiazole rings is 1. The van der Waals surface area contributed by atoms with Crippen LogP contribution in [0.1, 0.15) is 12.8 Å². The Bertz CT molecular complexity index is 377. The smallest absolute Gasteiger partial charge is 0.407 e. The number of hydrogen-bond donors (Lipinski definition) is 1. The summed E-state index contributed by atoms with van der Waals surface area (Å²) in [5, 5.41) is 11.3. The van der Waals surface area contributed by atoms with Gasteiger partial charge in [-0.1, -0.05) is 11.3 Å². The number of carboxylic acid groups (broad SMARTS) is 1. The van der Waals surface area contributed by atoms with Crippen LogP contribution in [0.5, 0.6) is 5.19 Å². The molecule has 0 saturated carbocycles. The molecule has 1 N–H and O–H groups in total. The van der Waals surface area contributed by atoms with Crippen molar-refractivity contribution < 1.29 is 14.6 Å². The number of nitrogens with zero attached hydrogens (tertiary/aromatic N) is 2. The first-order valence-electron chi connectivity index (χ1n) is 4.90. The number of amides is 1. The molecule has 1 aliphatic rings. The predicted octanol–water partition coefficient (Wildman–Crippen LogP) is 2.43. The van der Waals surface area contributed by atoms with E-state index < -0.39 is 6.09 Å². The summed E-state index contributed by atoms with van der Waals surface area (Å²) < 4.78 is 6.44.